The molecule has 2 N–H and O–H groups in total. The molecule has 3 nitrogen and oxygen atoms in total. The molecule has 16 heavy (non-hydrogen) atoms. The van der Waals surface area contributed by atoms with Gasteiger partial charge in [0.1, 0.15) is 5.60 Å². The van der Waals surface area contributed by atoms with Crippen LogP contribution in [-0.4, -0.2) is 23.7 Å². The number of pyridine rings is 1. The lowest BCUT2D eigenvalue weighted by atomic mass is 9.93. The number of nitrogens with zero attached hydrogens (tertiary/aromatic N) is 1. The van der Waals surface area contributed by atoms with Crippen LogP contribution in [0.25, 0.3) is 10.8 Å². The molecule has 0 fully saturated rings. The Balaban J connectivity index is 2.60. The summed E-state index contributed by atoms with van der Waals surface area (Å²) in [6.07, 6.45) is 3.55. The van der Waals surface area contributed by atoms with Crippen LogP contribution in [0.2, 0.25) is 0 Å². The largest absolute Gasteiger partial charge is 0.384 e. The van der Waals surface area contributed by atoms with E-state index in [1.165, 1.54) is 0 Å². The molecular weight excluding hydrogens is 200 g/mol. The molecular formula is C13H16N2O. The van der Waals surface area contributed by atoms with Crippen LogP contribution in [0.15, 0.2) is 36.7 Å². The predicted octanol–water partition coefficient (Wildman–Crippen LogP) is 1.66. The third-order valence-corrected chi connectivity index (χ3v) is 2.77. The Hall–Kier alpha value is -1.45. The Morgan fingerprint density at radius 3 is 2.81 bits per heavy atom. The molecule has 0 bridgehead atoms. The average molecular weight is 216 g/mol. The smallest absolute Gasteiger partial charge is 0.101 e. The zero-order valence-corrected chi connectivity index (χ0v) is 9.57. The minimum atomic E-state index is -0.900. The summed E-state index contributed by atoms with van der Waals surface area (Å²) in [4.78, 5) is 4.17. The number of likely N-dealkylation sites (N-methyl/N-ethyl adjacent to an activating group) is 1. The summed E-state index contributed by atoms with van der Waals surface area (Å²) in [5.41, 5.74) is -0.0391. The van der Waals surface area contributed by atoms with Gasteiger partial charge in [-0.2, -0.15) is 0 Å². The van der Waals surface area contributed by atoms with Gasteiger partial charge in [0.25, 0.3) is 0 Å². The zero-order chi connectivity index (χ0) is 11.6. The topological polar surface area (TPSA) is 45.1 Å². The number of hydrogen-bond donors (Lipinski definition) is 2. The number of benzene rings is 1. The second-order valence-corrected chi connectivity index (χ2v) is 4.21. The van der Waals surface area contributed by atoms with E-state index >= 15 is 0 Å². The number of rotatable bonds is 3. The van der Waals surface area contributed by atoms with E-state index in [1.54, 1.807) is 13.1 Å². The maximum atomic E-state index is 10.4. The molecule has 1 aromatic carbocycles. The number of fused-ring (bicyclic) bond motifs is 1. The quantitative estimate of drug-likeness (QED) is 0.820. The third-order valence-electron chi connectivity index (χ3n) is 2.77. The highest BCUT2D eigenvalue weighted by molar-refractivity contribution is 5.85. The molecule has 3 heteroatoms. The summed E-state index contributed by atoms with van der Waals surface area (Å²) < 4.78 is 0. The van der Waals surface area contributed by atoms with Crippen molar-refractivity contribution in [1.82, 2.24) is 10.3 Å². The van der Waals surface area contributed by atoms with Crippen molar-refractivity contribution < 1.29 is 5.11 Å². The molecule has 2 rings (SSSR count). The minimum Gasteiger partial charge on any atom is -0.384 e. The first-order valence-corrected chi connectivity index (χ1v) is 5.35. The van der Waals surface area contributed by atoms with Crippen LogP contribution in [0.4, 0.5) is 0 Å². The molecule has 1 aromatic heterocycles. The van der Waals surface area contributed by atoms with Crippen LogP contribution in [0, 0.1) is 0 Å². The van der Waals surface area contributed by atoms with Gasteiger partial charge in [-0.3, -0.25) is 4.98 Å². The van der Waals surface area contributed by atoms with Crippen LogP contribution in [0.3, 0.4) is 0 Å². The van der Waals surface area contributed by atoms with E-state index in [0.29, 0.717) is 6.54 Å². The van der Waals surface area contributed by atoms with Crippen molar-refractivity contribution in [2.24, 2.45) is 0 Å². The van der Waals surface area contributed by atoms with E-state index in [0.717, 1.165) is 16.3 Å². The maximum Gasteiger partial charge on any atom is 0.101 e. The summed E-state index contributed by atoms with van der Waals surface area (Å²) in [7, 11) is 1.83. The number of aromatic nitrogens is 1. The van der Waals surface area contributed by atoms with E-state index in [2.05, 4.69) is 10.3 Å². The van der Waals surface area contributed by atoms with Crippen LogP contribution in [0.5, 0.6) is 0 Å². The molecule has 0 amide bonds. The first kappa shape index (κ1) is 11.0. The average Bonchev–Trinajstić information content (AvgIpc) is 2.28. The van der Waals surface area contributed by atoms with Crippen molar-refractivity contribution in [2.75, 3.05) is 13.6 Å². The van der Waals surface area contributed by atoms with E-state index in [-0.39, 0.29) is 0 Å². The predicted molar refractivity (Wildman–Crippen MR) is 65.2 cm³/mol. The molecule has 0 spiro atoms. The van der Waals surface area contributed by atoms with Gasteiger partial charge >= 0.3 is 0 Å². The molecule has 0 aliphatic heterocycles. The summed E-state index contributed by atoms with van der Waals surface area (Å²) in [5, 5.41) is 15.5. The molecule has 2 aromatic rings. The Kier molecular flexibility index (Phi) is 2.90. The fourth-order valence-electron chi connectivity index (χ4n) is 1.99. The van der Waals surface area contributed by atoms with E-state index in [9.17, 15) is 5.11 Å². The highest BCUT2D eigenvalue weighted by Gasteiger charge is 2.24. The molecule has 0 saturated carbocycles. The summed E-state index contributed by atoms with van der Waals surface area (Å²) in [6.45, 7) is 2.30. The second-order valence-electron chi connectivity index (χ2n) is 4.21. The second kappa shape index (κ2) is 4.20. The van der Waals surface area contributed by atoms with Crippen molar-refractivity contribution in [3.63, 3.8) is 0 Å². The van der Waals surface area contributed by atoms with Crippen molar-refractivity contribution in [3.8, 4) is 0 Å². The third kappa shape index (κ3) is 1.92. The molecule has 84 valence electrons. The molecule has 1 atom stereocenters. The standard InChI is InChI=1S/C13H16N2O/c1-13(16,9-14-2)12-8-15-7-10-5-3-4-6-11(10)12/h3-8,14,16H,9H2,1-2H3. The summed E-state index contributed by atoms with van der Waals surface area (Å²) in [6, 6.07) is 7.96. The van der Waals surface area contributed by atoms with Crippen molar-refractivity contribution >= 4 is 10.8 Å². The van der Waals surface area contributed by atoms with Gasteiger partial charge in [-0.15, -0.1) is 0 Å². The molecule has 0 aliphatic rings. The summed E-state index contributed by atoms with van der Waals surface area (Å²) in [5.74, 6) is 0. The van der Waals surface area contributed by atoms with Crippen LogP contribution >= 0.6 is 0 Å². The molecule has 1 heterocycles. The van der Waals surface area contributed by atoms with E-state index in [1.807, 2.05) is 37.5 Å². The van der Waals surface area contributed by atoms with Gasteiger partial charge in [0.2, 0.25) is 0 Å². The SMILES string of the molecule is CNCC(C)(O)c1cncc2ccccc12. The Labute approximate surface area is 95.1 Å². The zero-order valence-electron chi connectivity index (χ0n) is 9.57. The van der Waals surface area contributed by atoms with Crippen LogP contribution in [-0.2, 0) is 5.60 Å². The van der Waals surface area contributed by atoms with Gasteiger partial charge in [-0.1, -0.05) is 24.3 Å². The minimum absolute atomic E-state index is 0.503. The fourth-order valence-corrected chi connectivity index (χ4v) is 1.99. The Morgan fingerprint density at radius 2 is 2.06 bits per heavy atom. The molecule has 0 saturated heterocycles. The Morgan fingerprint density at radius 1 is 1.31 bits per heavy atom. The summed E-state index contributed by atoms with van der Waals surface area (Å²) >= 11 is 0. The van der Waals surface area contributed by atoms with Crippen LogP contribution < -0.4 is 5.32 Å². The number of nitrogens with one attached hydrogen (secondary N) is 1. The van der Waals surface area contributed by atoms with Crippen LogP contribution in [0.1, 0.15) is 12.5 Å². The fraction of sp³-hybridized carbons (Fsp3) is 0.308. The van der Waals surface area contributed by atoms with E-state index < -0.39 is 5.60 Å². The lowest BCUT2D eigenvalue weighted by Gasteiger charge is -2.24. The lowest BCUT2D eigenvalue weighted by molar-refractivity contribution is 0.0604. The highest BCUT2D eigenvalue weighted by atomic mass is 16.3. The lowest BCUT2D eigenvalue weighted by Crippen LogP contribution is -2.33. The van der Waals surface area contributed by atoms with Crippen molar-refractivity contribution in [1.29, 1.82) is 0 Å². The first-order valence-electron chi connectivity index (χ1n) is 5.35. The van der Waals surface area contributed by atoms with Gasteiger partial charge in [0.15, 0.2) is 0 Å². The van der Waals surface area contributed by atoms with E-state index in [4.69, 9.17) is 0 Å². The monoisotopic (exact) mass is 216 g/mol. The van der Waals surface area contributed by atoms with Gasteiger partial charge in [-0.25, -0.2) is 0 Å². The molecule has 0 radical (unpaired) electrons. The maximum absolute atomic E-state index is 10.4. The number of aliphatic hydroxyl groups is 1. The van der Waals surface area contributed by atoms with Gasteiger partial charge in [0, 0.05) is 29.9 Å². The Bertz CT molecular complexity index is 489. The molecule has 0 aliphatic carbocycles. The first-order chi connectivity index (χ1) is 7.65. The van der Waals surface area contributed by atoms with Gasteiger partial charge in [-0.05, 0) is 19.4 Å². The van der Waals surface area contributed by atoms with Gasteiger partial charge in [0.05, 0.1) is 0 Å². The number of hydrogen-bond acceptors (Lipinski definition) is 3. The van der Waals surface area contributed by atoms with Crippen molar-refractivity contribution in [3.05, 3.63) is 42.2 Å². The highest BCUT2D eigenvalue weighted by Crippen LogP contribution is 2.26. The van der Waals surface area contributed by atoms with Gasteiger partial charge < -0.3 is 10.4 Å². The molecule has 1 unspecified atom stereocenters. The normalized spacial score (nSPS) is 14.9. The van der Waals surface area contributed by atoms with Crippen molar-refractivity contribution in [2.45, 2.75) is 12.5 Å².